The summed E-state index contributed by atoms with van der Waals surface area (Å²) in [5.41, 5.74) is 1.54. The lowest BCUT2D eigenvalue weighted by atomic mass is 9.72. The van der Waals surface area contributed by atoms with Crippen molar-refractivity contribution in [2.24, 2.45) is 5.14 Å². The number of sulfonamides is 1. The molecular weight excluding hydrogens is 316 g/mol. The normalized spacial score (nSPS) is 16.8. The zero-order valence-corrected chi connectivity index (χ0v) is 13.8. The van der Waals surface area contributed by atoms with Gasteiger partial charge < -0.3 is 4.74 Å². The number of ether oxygens (including phenoxy) is 1. The van der Waals surface area contributed by atoms with Gasteiger partial charge in [0.05, 0.1) is 24.1 Å². The molecule has 1 saturated carbocycles. The van der Waals surface area contributed by atoms with Gasteiger partial charge in [-0.1, -0.05) is 17.3 Å². The number of benzene rings is 1. The summed E-state index contributed by atoms with van der Waals surface area (Å²) >= 11 is 0. The second kappa shape index (κ2) is 5.93. The lowest BCUT2D eigenvalue weighted by Gasteiger charge is -2.42. The summed E-state index contributed by atoms with van der Waals surface area (Å²) in [6.07, 6.45) is 5.15. The van der Waals surface area contributed by atoms with Crippen molar-refractivity contribution in [1.29, 1.82) is 0 Å². The van der Waals surface area contributed by atoms with Gasteiger partial charge in [0, 0.05) is 12.6 Å². The molecule has 1 aliphatic carbocycles. The molecule has 1 heterocycles. The second-order valence-corrected chi connectivity index (χ2v) is 7.62. The largest absolute Gasteiger partial charge is 0.497 e. The number of methoxy groups -OCH3 is 1. The fourth-order valence-corrected chi connectivity index (χ4v) is 3.44. The van der Waals surface area contributed by atoms with Crippen molar-refractivity contribution in [3.8, 4) is 5.75 Å². The van der Waals surface area contributed by atoms with Crippen molar-refractivity contribution >= 4 is 10.0 Å². The standard InChI is InChI=1S/C15H20N4O3S/c1-22-14-5-2-4-12(10-14)15(7-3-8-15)19-11-13(17-18-19)6-9-23(16,20)21/h2,4-5,10-11H,3,6-9H2,1H3,(H2,16,20,21). The summed E-state index contributed by atoms with van der Waals surface area (Å²) in [5, 5.41) is 13.4. The zero-order chi connectivity index (χ0) is 16.5. The van der Waals surface area contributed by atoms with Crippen LogP contribution in [-0.4, -0.2) is 36.3 Å². The van der Waals surface area contributed by atoms with Crippen LogP contribution in [0.4, 0.5) is 0 Å². The Morgan fingerprint density at radius 2 is 2.17 bits per heavy atom. The van der Waals surface area contributed by atoms with Gasteiger partial charge in [-0.3, -0.25) is 0 Å². The van der Waals surface area contributed by atoms with E-state index < -0.39 is 10.0 Å². The topological polar surface area (TPSA) is 100 Å². The van der Waals surface area contributed by atoms with Crippen LogP contribution in [0.25, 0.3) is 0 Å². The van der Waals surface area contributed by atoms with E-state index in [0.717, 1.165) is 30.6 Å². The van der Waals surface area contributed by atoms with Crippen LogP contribution in [0, 0.1) is 0 Å². The Balaban J connectivity index is 1.87. The Labute approximate surface area is 135 Å². The molecule has 1 aromatic carbocycles. The molecule has 0 radical (unpaired) electrons. The predicted molar refractivity (Wildman–Crippen MR) is 85.6 cm³/mol. The first-order valence-corrected chi connectivity index (χ1v) is 9.21. The van der Waals surface area contributed by atoms with Gasteiger partial charge in [-0.15, -0.1) is 5.10 Å². The van der Waals surface area contributed by atoms with Crippen LogP contribution in [-0.2, 0) is 22.0 Å². The molecule has 3 rings (SSSR count). The molecule has 2 aromatic rings. The van der Waals surface area contributed by atoms with Crippen LogP contribution in [0.5, 0.6) is 5.75 Å². The molecule has 8 heteroatoms. The van der Waals surface area contributed by atoms with Gasteiger partial charge in [0.1, 0.15) is 5.75 Å². The van der Waals surface area contributed by atoms with E-state index in [1.54, 1.807) is 7.11 Å². The lowest BCUT2D eigenvalue weighted by Crippen LogP contribution is -2.42. The van der Waals surface area contributed by atoms with Crippen molar-refractivity contribution in [1.82, 2.24) is 15.0 Å². The Bertz CT molecular complexity index is 797. The molecule has 1 fully saturated rings. The molecule has 0 unspecified atom stereocenters. The van der Waals surface area contributed by atoms with E-state index in [0.29, 0.717) is 5.69 Å². The zero-order valence-electron chi connectivity index (χ0n) is 13.0. The molecule has 1 aliphatic rings. The van der Waals surface area contributed by atoms with Gasteiger partial charge in [-0.05, 0) is 37.0 Å². The number of aromatic nitrogens is 3. The molecule has 0 atom stereocenters. The average molecular weight is 336 g/mol. The lowest BCUT2D eigenvalue weighted by molar-refractivity contribution is 0.173. The van der Waals surface area contributed by atoms with Crippen molar-refractivity contribution < 1.29 is 13.2 Å². The van der Waals surface area contributed by atoms with Crippen LogP contribution >= 0.6 is 0 Å². The molecule has 1 aromatic heterocycles. The summed E-state index contributed by atoms with van der Waals surface area (Å²) in [6.45, 7) is 0. The van der Waals surface area contributed by atoms with Crippen LogP contribution < -0.4 is 9.88 Å². The third-order valence-electron chi connectivity index (χ3n) is 4.41. The highest BCUT2D eigenvalue weighted by molar-refractivity contribution is 7.89. The second-order valence-electron chi connectivity index (χ2n) is 5.89. The number of primary sulfonamides is 1. The highest BCUT2D eigenvalue weighted by Gasteiger charge is 2.42. The first kappa shape index (κ1) is 15.9. The quantitative estimate of drug-likeness (QED) is 0.849. The first-order valence-electron chi connectivity index (χ1n) is 7.50. The Hall–Kier alpha value is -1.93. The highest BCUT2D eigenvalue weighted by atomic mass is 32.2. The minimum absolute atomic E-state index is 0.127. The Morgan fingerprint density at radius 3 is 2.78 bits per heavy atom. The molecule has 2 N–H and O–H groups in total. The van der Waals surface area contributed by atoms with E-state index in [1.807, 2.05) is 29.1 Å². The number of aryl methyl sites for hydroxylation is 1. The average Bonchev–Trinajstić information content (AvgIpc) is 2.93. The van der Waals surface area contributed by atoms with E-state index in [1.165, 1.54) is 0 Å². The maximum atomic E-state index is 11.1. The van der Waals surface area contributed by atoms with E-state index in [4.69, 9.17) is 9.88 Å². The van der Waals surface area contributed by atoms with E-state index in [-0.39, 0.29) is 17.7 Å². The smallest absolute Gasteiger partial charge is 0.209 e. The molecule has 0 aliphatic heterocycles. The van der Waals surface area contributed by atoms with Gasteiger partial charge in [0.15, 0.2) is 0 Å². The molecule has 23 heavy (non-hydrogen) atoms. The summed E-state index contributed by atoms with van der Waals surface area (Å²) in [7, 11) is -1.85. The number of hydrogen-bond acceptors (Lipinski definition) is 5. The number of rotatable bonds is 6. The third kappa shape index (κ3) is 3.23. The van der Waals surface area contributed by atoms with Crippen molar-refractivity contribution in [3.63, 3.8) is 0 Å². The fourth-order valence-electron chi connectivity index (χ4n) is 2.94. The molecule has 0 saturated heterocycles. The fraction of sp³-hybridized carbons (Fsp3) is 0.467. The van der Waals surface area contributed by atoms with Crippen molar-refractivity contribution in [3.05, 3.63) is 41.7 Å². The maximum absolute atomic E-state index is 11.1. The van der Waals surface area contributed by atoms with E-state index in [9.17, 15) is 8.42 Å². The van der Waals surface area contributed by atoms with Crippen molar-refractivity contribution in [2.75, 3.05) is 12.9 Å². The minimum atomic E-state index is -3.49. The number of nitrogens with zero attached hydrogens (tertiary/aromatic N) is 3. The minimum Gasteiger partial charge on any atom is -0.497 e. The molecule has 0 bridgehead atoms. The number of hydrogen-bond donors (Lipinski definition) is 1. The monoisotopic (exact) mass is 336 g/mol. The van der Waals surface area contributed by atoms with Crippen LogP contribution in [0.1, 0.15) is 30.5 Å². The molecule has 0 amide bonds. The molecular formula is C15H20N4O3S. The molecule has 7 nitrogen and oxygen atoms in total. The van der Waals surface area contributed by atoms with Gasteiger partial charge in [0.2, 0.25) is 10.0 Å². The third-order valence-corrected chi connectivity index (χ3v) is 5.18. The SMILES string of the molecule is COc1cccc(C2(n3cc(CCS(N)(=O)=O)nn3)CCC2)c1. The summed E-state index contributed by atoms with van der Waals surface area (Å²) in [5.74, 6) is 0.682. The van der Waals surface area contributed by atoms with Gasteiger partial charge >= 0.3 is 0 Å². The maximum Gasteiger partial charge on any atom is 0.209 e. The van der Waals surface area contributed by atoms with Crippen LogP contribution in [0.2, 0.25) is 0 Å². The Morgan fingerprint density at radius 1 is 1.39 bits per heavy atom. The highest BCUT2D eigenvalue weighted by Crippen LogP contribution is 2.45. The van der Waals surface area contributed by atoms with Gasteiger partial charge in [-0.25, -0.2) is 18.2 Å². The van der Waals surface area contributed by atoms with Crippen molar-refractivity contribution in [2.45, 2.75) is 31.2 Å². The summed E-state index contributed by atoms with van der Waals surface area (Å²) in [6, 6.07) is 7.96. The Kier molecular flexibility index (Phi) is 4.11. The van der Waals surface area contributed by atoms with Gasteiger partial charge in [-0.2, -0.15) is 0 Å². The number of nitrogens with two attached hydrogens (primary N) is 1. The summed E-state index contributed by atoms with van der Waals surface area (Å²) in [4.78, 5) is 0. The summed E-state index contributed by atoms with van der Waals surface area (Å²) < 4.78 is 29.3. The van der Waals surface area contributed by atoms with Gasteiger partial charge in [0.25, 0.3) is 0 Å². The van der Waals surface area contributed by atoms with Crippen LogP contribution in [0.3, 0.4) is 0 Å². The van der Waals surface area contributed by atoms with E-state index >= 15 is 0 Å². The molecule has 124 valence electrons. The molecule has 0 spiro atoms. The first-order chi connectivity index (χ1) is 10.9. The predicted octanol–water partition coefficient (Wildman–Crippen LogP) is 1.05. The van der Waals surface area contributed by atoms with E-state index in [2.05, 4.69) is 16.4 Å². The van der Waals surface area contributed by atoms with Crippen LogP contribution in [0.15, 0.2) is 30.5 Å².